The Kier molecular flexibility index (Phi) is 3.83. The molecule has 0 N–H and O–H groups in total. The second kappa shape index (κ2) is 5.92. The standard InChI is InChI=1S/C14H16N4O2/c19-10-11-4-7-18(8-5-11)9-13-16-14(17-20-13)12-3-1-2-6-15-12/h1-3,6,10-11H,4-5,7-9H2. The van der Waals surface area contributed by atoms with Crippen molar-refractivity contribution >= 4 is 6.29 Å². The van der Waals surface area contributed by atoms with Crippen LogP contribution in [0, 0.1) is 5.92 Å². The lowest BCUT2D eigenvalue weighted by Gasteiger charge is -2.27. The molecule has 20 heavy (non-hydrogen) atoms. The molecule has 2 aromatic rings. The largest absolute Gasteiger partial charge is 0.337 e. The van der Waals surface area contributed by atoms with Crippen LogP contribution in [-0.4, -0.2) is 39.4 Å². The molecule has 6 nitrogen and oxygen atoms in total. The summed E-state index contributed by atoms with van der Waals surface area (Å²) in [5, 5.41) is 3.95. The number of carbonyl (C=O) groups is 1. The van der Waals surface area contributed by atoms with Gasteiger partial charge < -0.3 is 9.32 Å². The topological polar surface area (TPSA) is 72.1 Å². The van der Waals surface area contributed by atoms with Gasteiger partial charge in [-0.1, -0.05) is 11.2 Å². The minimum atomic E-state index is 0.206. The van der Waals surface area contributed by atoms with Gasteiger partial charge in [-0.15, -0.1) is 0 Å². The SMILES string of the molecule is O=CC1CCN(Cc2nc(-c3ccccn3)no2)CC1. The van der Waals surface area contributed by atoms with Gasteiger partial charge >= 0.3 is 0 Å². The summed E-state index contributed by atoms with van der Waals surface area (Å²) in [4.78, 5) is 21.5. The number of pyridine rings is 1. The van der Waals surface area contributed by atoms with Crippen LogP contribution in [0.25, 0.3) is 11.5 Å². The van der Waals surface area contributed by atoms with Gasteiger partial charge in [0.05, 0.1) is 6.54 Å². The van der Waals surface area contributed by atoms with E-state index in [4.69, 9.17) is 4.52 Å². The molecule has 1 saturated heterocycles. The molecule has 0 bridgehead atoms. The highest BCUT2D eigenvalue weighted by atomic mass is 16.5. The van der Waals surface area contributed by atoms with E-state index in [2.05, 4.69) is 20.0 Å². The highest BCUT2D eigenvalue weighted by Crippen LogP contribution is 2.18. The number of hydrogen-bond donors (Lipinski definition) is 0. The fourth-order valence-electron chi connectivity index (χ4n) is 2.36. The van der Waals surface area contributed by atoms with E-state index in [1.165, 1.54) is 0 Å². The minimum Gasteiger partial charge on any atom is -0.337 e. The van der Waals surface area contributed by atoms with Crippen LogP contribution in [-0.2, 0) is 11.3 Å². The second-order valence-corrected chi connectivity index (χ2v) is 4.98. The Labute approximate surface area is 116 Å². The van der Waals surface area contributed by atoms with Crippen molar-refractivity contribution in [2.24, 2.45) is 5.92 Å². The van der Waals surface area contributed by atoms with Crippen molar-refractivity contribution in [2.45, 2.75) is 19.4 Å². The van der Waals surface area contributed by atoms with E-state index in [-0.39, 0.29) is 5.92 Å². The number of likely N-dealkylation sites (tertiary alicyclic amines) is 1. The van der Waals surface area contributed by atoms with Gasteiger partial charge in [-0.05, 0) is 38.1 Å². The number of piperidine rings is 1. The molecule has 0 spiro atoms. The Morgan fingerprint density at radius 2 is 2.20 bits per heavy atom. The van der Waals surface area contributed by atoms with E-state index in [0.717, 1.165) is 32.2 Å². The number of carbonyl (C=O) groups excluding carboxylic acids is 1. The average molecular weight is 272 g/mol. The number of hydrogen-bond acceptors (Lipinski definition) is 6. The van der Waals surface area contributed by atoms with Crippen LogP contribution in [0.1, 0.15) is 18.7 Å². The quantitative estimate of drug-likeness (QED) is 0.786. The minimum absolute atomic E-state index is 0.206. The molecule has 1 fully saturated rings. The molecule has 0 unspecified atom stereocenters. The van der Waals surface area contributed by atoms with Crippen molar-refractivity contribution in [2.75, 3.05) is 13.1 Å². The summed E-state index contributed by atoms with van der Waals surface area (Å²) in [6.07, 6.45) is 4.58. The van der Waals surface area contributed by atoms with Gasteiger partial charge in [0.2, 0.25) is 11.7 Å². The molecular weight excluding hydrogens is 256 g/mol. The molecular formula is C14H16N4O2. The first-order valence-electron chi connectivity index (χ1n) is 6.77. The first-order chi connectivity index (χ1) is 9.85. The Bertz CT molecular complexity index is 562. The fraction of sp³-hybridized carbons (Fsp3) is 0.429. The van der Waals surface area contributed by atoms with E-state index in [1.807, 2.05) is 18.2 Å². The predicted octanol–water partition coefficient (Wildman–Crippen LogP) is 1.54. The van der Waals surface area contributed by atoms with Gasteiger partial charge in [0.15, 0.2) is 0 Å². The van der Waals surface area contributed by atoms with E-state index < -0.39 is 0 Å². The summed E-state index contributed by atoms with van der Waals surface area (Å²) in [7, 11) is 0. The van der Waals surface area contributed by atoms with Crippen LogP contribution in [0.15, 0.2) is 28.9 Å². The summed E-state index contributed by atoms with van der Waals surface area (Å²) in [5.74, 6) is 1.32. The van der Waals surface area contributed by atoms with E-state index in [1.54, 1.807) is 6.20 Å². The molecule has 1 aliphatic heterocycles. The summed E-state index contributed by atoms with van der Waals surface area (Å²) in [6, 6.07) is 5.59. The molecule has 104 valence electrons. The van der Waals surface area contributed by atoms with Crippen molar-refractivity contribution in [1.29, 1.82) is 0 Å². The zero-order valence-electron chi connectivity index (χ0n) is 11.1. The van der Waals surface area contributed by atoms with Crippen molar-refractivity contribution in [3.63, 3.8) is 0 Å². The molecule has 0 radical (unpaired) electrons. The van der Waals surface area contributed by atoms with Gasteiger partial charge in [-0.2, -0.15) is 4.98 Å². The second-order valence-electron chi connectivity index (χ2n) is 4.98. The lowest BCUT2D eigenvalue weighted by Crippen LogP contribution is -2.33. The molecule has 1 aliphatic rings. The highest BCUT2D eigenvalue weighted by molar-refractivity contribution is 5.53. The molecule has 0 amide bonds. The Balaban J connectivity index is 1.62. The summed E-state index contributed by atoms with van der Waals surface area (Å²) in [5.41, 5.74) is 0.710. The van der Waals surface area contributed by atoms with E-state index in [9.17, 15) is 4.79 Å². The third-order valence-electron chi connectivity index (χ3n) is 3.55. The maximum atomic E-state index is 10.7. The van der Waals surface area contributed by atoms with Crippen LogP contribution in [0.5, 0.6) is 0 Å². The van der Waals surface area contributed by atoms with Gasteiger partial charge in [0.1, 0.15) is 12.0 Å². The summed E-state index contributed by atoms with van der Waals surface area (Å²) >= 11 is 0. The van der Waals surface area contributed by atoms with Crippen molar-refractivity contribution in [3.8, 4) is 11.5 Å². The number of aldehydes is 1. The first-order valence-corrected chi connectivity index (χ1v) is 6.77. The molecule has 0 aliphatic carbocycles. The third kappa shape index (κ3) is 2.91. The molecule has 3 heterocycles. The third-order valence-corrected chi connectivity index (χ3v) is 3.55. The number of nitrogens with zero attached hydrogens (tertiary/aromatic N) is 4. The first kappa shape index (κ1) is 12.9. The Morgan fingerprint density at radius 1 is 1.35 bits per heavy atom. The zero-order chi connectivity index (χ0) is 13.8. The molecule has 2 aromatic heterocycles. The lowest BCUT2D eigenvalue weighted by molar-refractivity contribution is -0.112. The summed E-state index contributed by atoms with van der Waals surface area (Å²) < 4.78 is 5.26. The molecule has 0 aromatic carbocycles. The molecule has 0 atom stereocenters. The van der Waals surface area contributed by atoms with Crippen molar-refractivity contribution < 1.29 is 9.32 Å². The van der Waals surface area contributed by atoms with Crippen molar-refractivity contribution in [3.05, 3.63) is 30.3 Å². The lowest BCUT2D eigenvalue weighted by atomic mass is 9.99. The van der Waals surface area contributed by atoms with Crippen LogP contribution in [0.2, 0.25) is 0 Å². The van der Waals surface area contributed by atoms with E-state index in [0.29, 0.717) is 24.0 Å². The predicted molar refractivity (Wildman–Crippen MR) is 71.6 cm³/mol. The van der Waals surface area contributed by atoms with Gasteiger partial charge in [-0.25, -0.2) is 0 Å². The smallest absolute Gasteiger partial charge is 0.241 e. The zero-order valence-corrected chi connectivity index (χ0v) is 11.1. The van der Waals surface area contributed by atoms with E-state index >= 15 is 0 Å². The van der Waals surface area contributed by atoms with Gasteiger partial charge in [0, 0.05) is 12.1 Å². The Hall–Kier alpha value is -2.08. The maximum absolute atomic E-state index is 10.7. The van der Waals surface area contributed by atoms with Crippen LogP contribution >= 0.6 is 0 Å². The Morgan fingerprint density at radius 3 is 2.90 bits per heavy atom. The molecule has 0 saturated carbocycles. The number of rotatable bonds is 4. The van der Waals surface area contributed by atoms with Crippen LogP contribution < -0.4 is 0 Å². The molecule has 3 rings (SSSR count). The monoisotopic (exact) mass is 272 g/mol. The van der Waals surface area contributed by atoms with Crippen LogP contribution in [0.3, 0.4) is 0 Å². The maximum Gasteiger partial charge on any atom is 0.241 e. The number of aromatic nitrogens is 3. The molecule has 6 heteroatoms. The van der Waals surface area contributed by atoms with Crippen LogP contribution in [0.4, 0.5) is 0 Å². The van der Waals surface area contributed by atoms with Gasteiger partial charge in [-0.3, -0.25) is 9.88 Å². The van der Waals surface area contributed by atoms with Gasteiger partial charge in [0.25, 0.3) is 0 Å². The average Bonchev–Trinajstić information content (AvgIpc) is 2.97. The summed E-state index contributed by atoms with van der Waals surface area (Å²) in [6.45, 7) is 2.42. The normalized spacial score (nSPS) is 17.2. The fourth-order valence-corrected chi connectivity index (χ4v) is 2.36. The highest BCUT2D eigenvalue weighted by Gasteiger charge is 2.20. The van der Waals surface area contributed by atoms with Crippen molar-refractivity contribution in [1.82, 2.24) is 20.0 Å².